The smallest absolute Gasteiger partial charge is 0.226 e. The zero-order chi connectivity index (χ0) is 13.4. The second kappa shape index (κ2) is 7.82. The lowest BCUT2D eigenvalue weighted by atomic mass is 10.1. The average molecular weight is 250 g/mol. The Morgan fingerprint density at radius 3 is 3.00 bits per heavy atom. The second-order valence-electron chi connectivity index (χ2n) is 4.72. The van der Waals surface area contributed by atoms with E-state index >= 15 is 0 Å². The minimum absolute atomic E-state index is 0.00783. The van der Waals surface area contributed by atoms with Crippen LogP contribution in [-0.4, -0.2) is 29.1 Å². The Hall–Kier alpha value is -1.42. The number of hydrogen-bond donors (Lipinski definition) is 2. The SMILES string of the molecule is Cc1cccnc1CC(=O)NCCCC(C)CO. The van der Waals surface area contributed by atoms with Gasteiger partial charge in [0.15, 0.2) is 0 Å². The second-order valence-corrected chi connectivity index (χ2v) is 4.72. The number of nitrogens with one attached hydrogen (secondary N) is 1. The molecule has 1 atom stereocenters. The van der Waals surface area contributed by atoms with Crippen molar-refractivity contribution in [3.05, 3.63) is 29.6 Å². The molecule has 0 bridgehead atoms. The van der Waals surface area contributed by atoms with Crippen molar-refractivity contribution in [2.75, 3.05) is 13.2 Å². The van der Waals surface area contributed by atoms with Crippen LogP contribution in [0.4, 0.5) is 0 Å². The number of aliphatic hydroxyl groups excluding tert-OH is 1. The van der Waals surface area contributed by atoms with E-state index in [4.69, 9.17) is 5.11 Å². The normalized spacial score (nSPS) is 12.2. The molecule has 4 nitrogen and oxygen atoms in total. The molecule has 0 aliphatic rings. The highest BCUT2D eigenvalue weighted by molar-refractivity contribution is 5.78. The summed E-state index contributed by atoms with van der Waals surface area (Å²) in [4.78, 5) is 15.9. The summed E-state index contributed by atoms with van der Waals surface area (Å²) in [6, 6.07) is 3.82. The predicted molar refractivity (Wildman–Crippen MR) is 71.2 cm³/mol. The standard InChI is InChI=1S/C14H22N2O2/c1-11(10-17)5-3-8-16-14(18)9-13-12(2)6-4-7-15-13/h4,6-7,11,17H,3,5,8-10H2,1-2H3,(H,16,18). The molecule has 0 spiro atoms. The highest BCUT2D eigenvalue weighted by atomic mass is 16.3. The summed E-state index contributed by atoms with van der Waals surface area (Å²) in [6.07, 6.45) is 3.87. The third-order valence-corrected chi connectivity index (χ3v) is 2.95. The maximum atomic E-state index is 11.7. The van der Waals surface area contributed by atoms with Gasteiger partial charge in [0.2, 0.25) is 5.91 Å². The van der Waals surface area contributed by atoms with Gasteiger partial charge in [-0.05, 0) is 37.3 Å². The quantitative estimate of drug-likeness (QED) is 0.720. The number of pyridine rings is 1. The van der Waals surface area contributed by atoms with Gasteiger partial charge in [-0.2, -0.15) is 0 Å². The van der Waals surface area contributed by atoms with Gasteiger partial charge in [-0.3, -0.25) is 9.78 Å². The molecule has 0 saturated heterocycles. The molecule has 1 heterocycles. The Labute approximate surface area is 108 Å². The minimum Gasteiger partial charge on any atom is -0.396 e. The molecule has 1 aromatic heterocycles. The first kappa shape index (κ1) is 14.6. The van der Waals surface area contributed by atoms with E-state index in [1.165, 1.54) is 0 Å². The van der Waals surface area contributed by atoms with Gasteiger partial charge in [0.1, 0.15) is 0 Å². The number of nitrogens with zero attached hydrogens (tertiary/aromatic N) is 1. The molecule has 0 saturated carbocycles. The molecule has 0 radical (unpaired) electrons. The first-order valence-corrected chi connectivity index (χ1v) is 6.41. The average Bonchev–Trinajstić information content (AvgIpc) is 2.37. The Kier molecular flexibility index (Phi) is 6.36. The molecule has 4 heteroatoms. The fraction of sp³-hybridized carbons (Fsp3) is 0.571. The van der Waals surface area contributed by atoms with E-state index in [0.29, 0.717) is 18.9 Å². The highest BCUT2D eigenvalue weighted by Gasteiger charge is 2.06. The van der Waals surface area contributed by atoms with Crippen LogP contribution in [0.3, 0.4) is 0 Å². The molecular formula is C14H22N2O2. The van der Waals surface area contributed by atoms with Crippen LogP contribution in [0, 0.1) is 12.8 Å². The summed E-state index contributed by atoms with van der Waals surface area (Å²) in [6.45, 7) is 4.83. The topological polar surface area (TPSA) is 62.2 Å². The molecule has 0 aliphatic heterocycles. The van der Waals surface area contributed by atoms with E-state index in [2.05, 4.69) is 10.3 Å². The molecule has 100 valence electrons. The van der Waals surface area contributed by atoms with E-state index in [1.807, 2.05) is 26.0 Å². The minimum atomic E-state index is 0.00783. The number of aliphatic hydroxyl groups is 1. The van der Waals surface area contributed by atoms with Crippen LogP contribution in [0.1, 0.15) is 31.0 Å². The number of hydrogen-bond acceptors (Lipinski definition) is 3. The van der Waals surface area contributed by atoms with E-state index in [0.717, 1.165) is 24.1 Å². The third kappa shape index (κ3) is 5.27. The van der Waals surface area contributed by atoms with E-state index in [-0.39, 0.29) is 12.5 Å². The number of carbonyl (C=O) groups excluding carboxylic acids is 1. The van der Waals surface area contributed by atoms with E-state index in [9.17, 15) is 4.79 Å². The van der Waals surface area contributed by atoms with Gasteiger partial charge in [-0.15, -0.1) is 0 Å². The van der Waals surface area contributed by atoms with Gasteiger partial charge in [0.05, 0.1) is 12.1 Å². The molecule has 1 unspecified atom stereocenters. The largest absolute Gasteiger partial charge is 0.396 e. The third-order valence-electron chi connectivity index (χ3n) is 2.95. The lowest BCUT2D eigenvalue weighted by Gasteiger charge is -2.09. The van der Waals surface area contributed by atoms with Crippen molar-refractivity contribution in [2.45, 2.75) is 33.1 Å². The van der Waals surface area contributed by atoms with Gasteiger partial charge >= 0.3 is 0 Å². The molecular weight excluding hydrogens is 228 g/mol. The van der Waals surface area contributed by atoms with Gasteiger partial charge in [0, 0.05) is 19.3 Å². The van der Waals surface area contributed by atoms with Crippen LogP contribution in [0.2, 0.25) is 0 Å². The Morgan fingerprint density at radius 2 is 2.33 bits per heavy atom. The predicted octanol–water partition coefficient (Wildman–Crippen LogP) is 1.46. The van der Waals surface area contributed by atoms with Crippen molar-refractivity contribution in [3.63, 3.8) is 0 Å². The van der Waals surface area contributed by atoms with Gasteiger partial charge in [-0.25, -0.2) is 0 Å². The summed E-state index contributed by atoms with van der Waals surface area (Å²) < 4.78 is 0. The van der Waals surface area contributed by atoms with Gasteiger partial charge in [0.25, 0.3) is 0 Å². The number of carbonyl (C=O) groups is 1. The van der Waals surface area contributed by atoms with Crippen LogP contribution in [0.25, 0.3) is 0 Å². The molecule has 2 N–H and O–H groups in total. The Balaban J connectivity index is 2.24. The first-order chi connectivity index (χ1) is 8.63. The van der Waals surface area contributed by atoms with Crippen molar-refractivity contribution in [1.82, 2.24) is 10.3 Å². The van der Waals surface area contributed by atoms with Crippen molar-refractivity contribution >= 4 is 5.91 Å². The lowest BCUT2D eigenvalue weighted by Crippen LogP contribution is -2.27. The van der Waals surface area contributed by atoms with Crippen LogP contribution in [-0.2, 0) is 11.2 Å². The van der Waals surface area contributed by atoms with Crippen molar-refractivity contribution < 1.29 is 9.90 Å². The van der Waals surface area contributed by atoms with E-state index in [1.54, 1.807) is 6.20 Å². The van der Waals surface area contributed by atoms with Crippen molar-refractivity contribution in [2.24, 2.45) is 5.92 Å². The Morgan fingerprint density at radius 1 is 1.56 bits per heavy atom. The molecule has 1 aromatic rings. The van der Waals surface area contributed by atoms with Crippen LogP contribution < -0.4 is 5.32 Å². The molecule has 0 aliphatic carbocycles. The Bertz CT molecular complexity index is 380. The zero-order valence-corrected chi connectivity index (χ0v) is 11.1. The molecule has 0 fully saturated rings. The summed E-state index contributed by atoms with van der Waals surface area (Å²) in [5, 5.41) is 11.8. The number of amides is 1. The lowest BCUT2D eigenvalue weighted by molar-refractivity contribution is -0.120. The molecule has 1 rings (SSSR count). The van der Waals surface area contributed by atoms with Crippen LogP contribution in [0.5, 0.6) is 0 Å². The van der Waals surface area contributed by atoms with E-state index < -0.39 is 0 Å². The summed E-state index contributed by atoms with van der Waals surface area (Å²) in [5.41, 5.74) is 1.88. The first-order valence-electron chi connectivity index (χ1n) is 6.41. The number of aromatic nitrogens is 1. The molecule has 18 heavy (non-hydrogen) atoms. The molecule has 1 amide bonds. The van der Waals surface area contributed by atoms with Gasteiger partial charge < -0.3 is 10.4 Å². The summed E-state index contributed by atoms with van der Waals surface area (Å²) in [7, 11) is 0. The zero-order valence-electron chi connectivity index (χ0n) is 11.1. The number of rotatable bonds is 7. The summed E-state index contributed by atoms with van der Waals surface area (Å²) >= 11 is 0. The fourth-order valence-electron chi connectivity index (χ4n) is 1.69. The van der Waals surface area contributed by atoms with Gasteiger partial charge in [-0.1, -0.05) is 13.0 Å². The van der Waals surface area contributed by atoms with Crippen LogP contribution in [0.15, 0.2) is 18.3 Å². The monoisotopic (exact) mass is 250 g/mol. The number of aryl methyl sites for hydroxylation is 1. The fourth-order valence-corrected chi connectivity index (χ4v) is 1.69. The maximum absolute atomic E-state index is 11.7. The maximum Gasteiger partial charge on any atom is 0.226 e. The van der Waals surface area contributed by atoms with Crippen LogP contribution >= 0.6 is 0 Å². The van der Waals surface area contributed by atoms with Crippen molar-refractivity contribution in [3.8, 4) is 0 Å². The molecule has 0 aromatic carbocycles. The summed E-state index contributed by atoms with van der Waals surface area (Å²) in [5.74, 6) is 0.313. The van der Waals surface area contributed by atoms with Crippen molar-refractivity contribution in [1.29, 1.82) is 0 Å². The highest BCUT2D eigenvalue weighted by Crippen LogP contribution is 2.05.